The van der Waals surface area contributed by atoms with Crippen molar-refractivity contribution in [1.82, 2.24) is 4.90 Å². The standard InChI is InChI=1S/C20H19F3N2O3/c21-20(22,23)28-17-10-4-2-8-15(17)18-24-16-9-3-1-7-14(16)19(26)25(18)12-13-6-5-11-27-13/h1-4,7-10,13,18,24H,5-6,11-12H2. The van der Waals surface area contributed by atoms with Crippen LogP contribution in [0.3, 0.4) is 0 Å². The molecule has 1 fully saturated rings. The Labute approximate surface area is 160 Å². The fourth-order valence-corrected chi connectivity index (χ4v) is 3.66. The molecular weight excluding hydrogens is 373 g/mol. The SMILES string of the molecule is O=C1c2ccccc2NC(c2ccccc2OC(F)(F)F)N1CC1CCCO1. The Morgan fingerprint density at radius 3 is 2.64 bits per heavy atom. The number of rotatable bonds is 4. The first-order valence-corrected chi connectivity index (χ1v) is 9.05. The quantitative estimate of drug-likeness (QED) is 0.842. The first-order valence-electron chi connectivity index (χ1n) is 9.05. The number of nitrogens with one attached hydrogen (secondary N) is 1. The molecular formula is C20H19F3N2O3. The van der Waals surface area contributed by atoms with E-state index in [2.05, 4.69) is 10.1 Å². The zero-order chi connectivity index (χ0) is 19.7. The van der Waals surface area contributed by atoms with Crippen LogP contribution in [0, 0.1) is 0 Å². The van der Waals surface area contributed by atoms with Gasteiger partial charge in [-0.2, -0.15) is 0 Å². The van der Waals surface area contributed by atoms with Gasteiger partial charge in [-0.3, -0.25) is 4.79 Å². The third-order valence-corrected chi connectivity index (χ3v) is 4.89. The first kappa shape index (κ1) is 18.6. The lowest BCUT2D eigenvalue weighted by molar-refractivity contribution is -0.275. The Balaban J connectivity index is 1.74. The molecule has 0 bridgehead atoms. The van der Waals surface area contributed by atoms with Crippen LogP contribution in [0.5, 0.6) is 5.75 Å². The van der Waals surface area contributed by atoms with Gasteiger partial charge in [0.25, 0.3) is 5.91 Å². The Bertz CT molecular complexity index is 866. The number of hydrogen-bond donors (Lipinski definition) is 1. The lowest BCUT2D eigenvalue weighted by Crippen LogP contribution is -2.46. The molecule has 2 aromatic carbocycles. The molecule has 1 amide bonds. The van der Waals surface area contributed by atoms with Crippen LogP contribution in [0.25, 0.3) is 0 Å². The monoisotopic (exact) mass is 392 g/mol. The number of carbonyl (C=O) groups excluding carboxylic acids is 1. The molecule has 2 aromatic rings. The predicted molar refractivity (Wildman–Crippen MR) is 95.9 cm³/mol. The first-order chi connectivity index (χ1) is 13.4. The molecule has 148 valence electrons. The average molecular weight is 392 g/mol. The van der Waals surface area contributed by atoms with E-state index in [4.69, 9.17) is 4.74 Å². The van der Waals surface area contributed by atoms with Crippen LogP contribution in [-0.4, -0.2) is 36.4 Å². The average Bonchev–Trinajstić information content (AvgIpc) is 3.16. The summed E-state index contributed by atoms with van der Waals surface area (Å²) in [7, 11) is 0. The second-order valence-electron chi connectivity index (χ2n) is 6.77. The molecule has 2 unspecified atom stereocenters. The van der Waals surface area contributed by atoms with Gasteiger partial charge in [-0.05, 0) is 31.0 Å². The summed E-state index contributed by atoms with van der Waals surface area (Å²) < 4.78 is 48.5. The number of amides is 1. The normalized spacial score (nSPS) is 22.0. The molecule has 0 radical (unpaired) electrons. The van der Waals surface area contributed by atoms with Crippen LogP contribution in [0.4, 0.5) is 18.9 Å². The highest BCUT2D eigenvalue weighted by Crippen LogP contribution is 2.38. The maximum absolute atomic E-state index is 13.2. The number of nitrogens with zero attached hydrogens (tertiary/aromatic N) is 1. The van der Waals surface area contributed by atoms with Crippen LogP contribution in [0.15, 0.2) is 48.5 Å². The number of benzene rings is 2. The Morgan fingerprint density at radius 2 is 1.89 bits per heavy atom. The van der Waals surface area contributed by atoms with Crippen LogP contribution in [0.2, 0.25) is 0 Å². The molecule has 2 aliphatic rings. The lowest BCUT2D eigenvalue weighted by atomic mass is 10.0. The number of anilines is 1. The lowest BCUT2D eigenvalue weighted by Gasteiger charge is -2.39. The number of halogens is 3. The molecule has 0 aliphatic carbocycles. The summed E-state index contributed by atoms with van der Waals surface area (Å²) in [6.07, 6.45) is -4.07. The van der Waals surface area contributed by atoms with Crippen molar-refractivity contribution in [3.8, 4) is 5.75 Å². The van der Waals surface area contributed by atoms with E-state index in [0.717, 1.165) is 12.8 Å². The van der Waals surface area contributed by atoms with Gasteiger partial charge in [0.1, 0.15) is 11.9 Å². The summed E-state index contributed by atoms with van der Waals surface area (Å²) in [5.74, 6) is -0.589. The van der Waals surface area contributed by atoms with Gasteiger partial charge < -0.3 is 19.7 Å². The third kappa shape index (κ3) is 3.77. The van der Waals surface area contributed by atoms with E-state index in [1.165, 1.54) is 23.1 Å². The molecule has 5 nitrogen and oxygen atoms in total. The van der Waals surface area contributed by atoms with Crippen molar-refractivity contribution < 1.29 is 27.4 Å². The van der Waals surface area contributed by atoms with E-state index in [1.807, 2.05) is 0 Å². The summed E-state index contributed by atoms with van der Waals surface area (Å²) in [4.78, 5) is 14.7. The largest absolute Gasteiger partial charge is 0.573 e. The van der Waals surface area contributed by atoms with Crippen LogP contribution < -0.4 is 10.1 Å². The molecule has 1 N–H and O–H groups in total. The fraction of sp³-hybridized carbons (Fsp3) is 0.350. The number of hydrogen-bond acceptors (Lipinski definition) is 4. The van der Waals surface area contributed by atoms with E-state index >= 15 is 0 Å². The van der Waals surface area contributed by atoms with Crippen molar-refractivity contribution in [2.24, 2.45) is 0 Å². The van der Waals surface area contributed by atoms with E-state index in [9.17, 15) is 18.0 Å². The highest BCUT2D eigenvalue weighted by atomic mass is 19.4. The highest BCUT2D eigenvalue weighted by Gasteiger charge is 2.38. The molecule has 2 aliphatic heterocycles. The number of fused-ring (bicyclic) bond motifs is 1. The Morgan fingerprint density at radius 1 is 1.14 bits per heavy atom. The van der Waals surface area contributed by atoms with E-state index in [1.54, 1.807) is 30.3 Å². The van der Waals surface area contributed by atoms with Gasteiger partial charge in [-0.1, -0.05) is 30.3 Å². The van der Waals surface area contributed by atoms with Crippen LogP contribution in [-0.2, 0) is 4.74 Å². The van der Waals surface area contributed by atoms with Crippen molar-refractivity contribution in [3.05, 3.63) is 59.7 Å². The Hall–Kier alpha value is -2.74. The molecule has 0 saturated carbocycles. The van der Waals surface area contributed by atoms with Crippen molar-refractivity contribution >= 4 is 11.6 Å². The second kappa shape index (κ2) is 7.35. The fourth-order valence-electron chi connectivity index (χ4n) is 3.66. The van der Waals surface area contributed by atoms with E-state index in [0.29, 0.717) is 17.9 Å². The third-order valence-electron chi connectivity index (χ3n) is 4.89. The molecule has 0 aromatic heterocycles. The van der Waals surface area contributed by atoms with Crippen molar-refractivity contribution in [2.75, 3.05) is 18.5 Å². The maximum atomic E-state index is 13.2. The highest BCUT2D eigenvalue weighted by molar-refractivity contribution is 6.01. The summed E-state index contributed by atoms with van der Waals surface area (Å²) in [5.41, 5.74) is 1.29. The van der Waals surface area contributed by atoms with Gasteiger partial charge in [-0.25, -0.2) is 0 Å². The summed E-state index contributed by atoms with van der Waals surface area (Å²) in [6.45, 7) is 0.903. The van der Waals surface area contributed by atoms with Gasteiger partial charge >= 0.3 is 6.36 Å². The minimum absolute atomic E-state index is 0.144. The van der Waals surface area contributed by atoms with Crippen molar-refractivity contribution in [1.29, 1.82) is 0 Å². The zero-order valence-corrected chi connectivity index (χ0v) is 14.9. The number of para-hydroxylation sites is 2. The summed E-state index contributed by atoms with van der Waals surface area (Å²) in [6, 6.07) is 12.8. The summed E-state index contributed by atoms with van der Waals surface area (Å²) >= 11 is 0. The molecule has 2 heterocycles. The number of alkyl halides is 3. The minimum Gasteiger partial charge on any atom is -0.405 e. The minimum atomic E-state index is -4.83. The van der Waals surface area contributed by atoms with Crippen LogP contribution >= 0.6 is 0 Å². The van der Waals surface area contributed by atoms with Crippen molar-refractivity contribution in [2.45, 2.75) is 31.5 Å². The number of ether oxygens (including phenoxy) is 2. The Kier molecular flexibility index (Phi) is 4.89. The molecule has 0 spiro atoms. The maximum Gasteiger partial charge on any atom is 0.573 e. The van der Waals surface area contributed by atoms with E-state index < -0.39 is 12.5 Å². The molecule has 4 rings (SSSR count). The molecule has 2 atom stereocenters. The van der Waals surface area contributed by atoms with Gasteiger partial charge in [0.15, 0.2) is 0 Å². The van der Waals surface area contributed by atoms with Gasteiger partial charge in [0, 0.05) is 24.4 Å². The van der Waals surface area contributed by atoms with Gasteiger partial charge in [-0.15, -0.1) is 13.2 Å². The van der Waals surface area contributed by atoms with Gasteiger partial charge in [0.05, 0.1) is 11.7 Å². The predicted octanol–water partition coefficient (Wildman–Crippen LogP) is 4.33. The topological polar surface area (TPSA) is 50.8 Å². The number of carbonyl (C=O) groups is 1. The molecule has 1 saturated heterocycles. The molecule has 8 heteroatoms. The second-order valence-corrected chi connectivity index (χ2v) is 6.77. The molecule has 28 heavy (non-hydrogen) atoms. The zero-order valence-electron chi connectivity index (χ0n) is 14.9. The van der Waals surface area contributed by atoms with Crippen molar-refractivity contribution in [3.63, 3.8) is 0 Å². The van der Waals surface area contributed by atoms with Gasteiger partial charge in [0.2, 0.25) is 0 Å². The van der Waals surface area contributed by atoms with E-state index in [-0.39, 0.29) is 29.9 Å². The summed E-state index contributed by atoms with van der Waals surface area (Å²) in [5, 5.41) is 3.20. The van der Waals surface area contributed by atoms with Crippen LogP contribution in [0.1, 0.15) is 34.9 Å². The smallest absolute Gasteiger partial charge is 0.405 e.